The number of hydrogen-bond acceptors (Lipinski definition) is 2. The third-order valence-electron chi connectivity index (χ3n) is 3.59. The van der Waals surface area contributed by atoms with Gasteiger partial charge in [0.1, 0.15) is 0 Å². The average Bonchev–Trinajstić information content (AvgIpc) is 2.20. The summed E-state index contributed by atoms with van der Waals surface area (Å²) in [7, 11) is 2.10. The van der Waals surface area contributed by atoms with E-state index in [9.17, 15) is 0 Å². The Kier molecular flexibility index (Phi) is 2.43. The van der Waals surface area contributed by atoms with Gasteiger partial charge in [-0.2, -0.15) is 0 Å². The van der Waals surface area contributed by atoms with E-state index in [0.29, 0.717) is 11.6 Å². The summed E-state index contributed by atoms with van der Waals surface area (Å²) in [5.41, 5.74) is 0.340. The highest BCUT2D eigenvalue weighted by atomic mass is 15.1. The summed E-state index contributed by atoms with van der Waals surface area (Å²) in [5.74, 6) is 0.754. The monoisotopic (exact) mass is 180 g/mol. The van der Waals surface area contributed by atoms with Crippen LogP contribution >= 0.6 is 0 Å². The van der Waals surface area contributed by atoms with E-state index in [1.165, 1.54) is 25.8 Å². The second-order valence-electron chi connectivity index (χ2n) is 4.39. The molecule has 2 heteroatoms. The Morgan fingerprint density at radius 1 is 1.54 bits per heavy atom. The van der Waals surface area contributed by atoms with Crippen LogP contribution in [0.4, 0.5) is 0 Å². The molecule has 1 aliphatic carbocycles. The zero-order chi connectivity index (χ0) is 9.31. The number of nitrogens with one attached hydrogen (secondary N) is 2. The van der Waals surface area contributed by atoms with E-state index < -0.39 is 0 Å². The van der Waals surface area contributed by atoms with Gasteiger partial charge in [0.25, 0.3) is 0 Å². The number of hydrogen-bond donors (Lipinski definition) is 2. The van der Waals surface area contributed by atoms with Crippen LogP contribution in [0.1, 0.15) is 26.2 Å². The Morgan fingerprint density at radius 2 is 2.38 bits per heavy atom. The van der Waals surface area contributed by atoms with Crippen LogP contribution in [0.5, 0.6) is 0 Å². The van der Waals surface area contributed by atoms with Crippen molar-refractivity contribution in [2.45, 2.75) is 37.8 Å². The summed E-state index contributed by atoms with van der Waals surface area (Å²) in [6, 6.07) is 0.558. The number of rotatable bonds is 3. The lowest BCUT2D eigenvalue weighted by molar-refractivity contribution is 0.161. The summed E-state index contributed by atoms with van der Waals surface area (Å²) in [6.45, 7) is 3.44. The maximum atomic E-state index is 3.60. The van der Waals surface area contributed by atoms with Crippen LogP contribution in [0.25, 0.3) is 0 Å². The zero-order valence-electron chi connectivity index (χ0n) is 8.64. The van der Waals surface area contributed by atoms with Gasteiger partial charge in [0.2, 0.25) is 0 Å². The third kappa shape index (κ3) is 1.42. The van der Waals surface area contributed by atoms with Crippen LogP contribution in [-0.4, -0.2) is 25.2 Å². The smallest absolute Gasteiger partial charge is 0.0434 e. The fraction of sp³-hybridized carbons (Fsp3) is 0.818. The van der Waals surface area contributed by atoms with Crippen LogP contribution in [0.15, 0.2) is 12.2 Å². The summed E-state index contributed by atoms with van der Waals surface area (Å²) >= 11 is 0. The van der Waals surface area contributed by atoms with E-state index in [0.717, 1.165) is 5.92 Å². The van der Waals surface area contributed by atoms with Gasteiger partial charge in [0.15, 0.2) is 0 Å². The second kappa shape index (κ2) is 3.43. The van der Waals surface area contributed by atoms with Gasteiger partial charge in [-0.3, -0.25) is 0 Å². The molecule has 2 N–H and O–H groups in total. The first kappa shape index (κ1) is 9.22. The molecule has 0 radical (unpaired) electrons. The van der Waals surface area contributed by atoms with Gasteiger partial charge < -0.3 is 10.6 Å². The molecule has 0 aromatic heterocycles. The van der Waals surface area contributed by atoms with E-state index in [4.69, 9.17) is 0 Å². The van der Waals surface area contributed by atoms with E-state index in [1.807, 2.05) is 0 Å². The summed E-state index contributed by atoms with van der Waals surface area (Å²) in [5, 5.41) is 7.13. The molecule has 2 heterocycles. The molecule has 3 aliphatic rings. The molecule has 0 spiro atoms. The van der Waals surface area contributed by atoms with Crippen molar-refractivity contribution in [2.24, 2.45) is 5.92 Å². The molecule has 74 valence electrons. The van der Waals surface area contributed by atoms with Crippen molar-refractivity contribution >= 4 is 0 Å². The van der Waals surface area contributed by atoms with E-state index in [1.54, 1.807) is 0 Å². The van der Waals surface area contributed by atoms with Crippen LogP contribution in [-0.2, 0) is 0 Å². The molecule has 13 heavy (non-hydrogen) atoms. The molecule has 3 unspecified atom stereocenters. The number of piperidine rings is 1. The molecule has 0 saturated carbocycles. The Hall–Kier alpha value is -0.340. The second-order valence-corrected chi connectivity index (χ2v) is 4.39. The van der Waals surface area contributed by atoms with Gasteiger partial charge >= 0.3 is 0 Å². The molecule has 1 saturated heterocycles. The Balaban J connectivity index is 2.17. The Morgan fingerprint density at radius 3 is 2.77 bits per heavy atom. The van der Waals surface area contributed by atoms with Gasteiger partial charge in [-0.1, -0.05) is 25.5 Å². The predicted molar refractivity (Wildman–Crippen MR) is 55.7 cm³/mol. The van der Waals surface area contributed by atoms with Crippen molar-refractivity contribution in [3.63, 3.8) is 0 Å². The molecular formula is C11H20N2. The zero-order valence-corrected chi connectivity index (χ0v) is 8.64. The molecule has 0 aromatic carbocycles. The Bertz CT molecular complexity index is 212. The van der Waals surface area contributed by atoms with E-state index >= 15 is 0 Å². The van der Waals surface area contributed by atoms with E-state index in [-0.39, 0.29) is 0 Å². The lowest BCUT2D eigenvalue weighted by atomic mass is 9.71. The minimum absolute atomic E-state index is 0.340. The molecule has 0 amide bonds. The molecule has 3 atom stereocenters. The van der Waals surface area contributed by atoms with Crippen LogP contribution < -0.4 is 10.6 Å². The van der Waals surface area contributed by atoms with Gasteiger partial charge in [-0.05, 0) is 25.8 Å². The quantitative estimate of drug-likeness (QED) is 0.640. The minimum atomic E-state index is 0.340. The molecule has 2 bridgehead atoms. The van der Waals surface area contributed by atoms with Crippen molar-refractivity contribution in [2.75, 3.05) is 13.6 Å². The summed E-state index contributed by atoms with van der Waals surface area (Å²) in [6.07, 6.45) is 8.59. The largest absolute Gasteiger partial charge is 0.313 e. The maximum absolute atomic E-state index is 3.60. The summed E-state index contributed by atoms with van der Waals surface area (Å²) in [4.78, 5) is 0. The maximum Gasteiger partial charge on any atom is 0.0434 e. The lowest BCUT2D eigenvalue weighted by Gasteiger charge is -2.49. The highest BCUT2D eigenvalue weighted by molar-refractivity contribution is 5.19. The first-order valence-corrected chi connectivity index (χ1v) is 5.41. The van der Waals surface area contributed by atoms with Crippen molar-refractivity contribution in [1.82, 2.24) is 10.6 Å². The van der Waals surface area contributed by atoms with Gasteiger partial charge in [0, 0.05) is 18.1 Å². The first-order chi connectivity index (χ1) is 6.30. The third-order valence-corrected chi connectivity index (χ3v) is 3.59. The van der Waals surface area contributed by atoms with Crippen LogP contribution in [0.2, 0.25) is 0 Å². The molecule has 2 aliphatic heterocycles. The standard InChI is InChI=1S/C11H20N2/c1-3-6-11(12-2)7-9-4-5-10(11)13-8-9/h4-5,9-10,12-13H,3,6-8H2,1-2H3. The highest BCUT2D eigenvalue weighted by Crippen LogP contribution is 2.34. The summed E-state index contributed by atoms with van der Waals surface area (Å²) < 4.78 is 0. The number of fused-ring (bicyclic) bond motifs is 2. The molecule has 1 fully saturated rings. The Labute approximate surface area is 80.8 Å². The van der Waals surface area contributed by atoms with Crippen LogP contribution in [0, 0.1) is 5.92 Å². The normalized spacial score (nSPS) is 42.6. The van der Waals surface area contributed by atoms with Gasteiger partial charge in [-0.25, -0.2) is 0 Å². The SMILES string of the molecule is CCCC1(NC)CC2C=CC1NC2. The van der Waals surface area contributed by atoms with E-state index in [2.05, 4.69) is 36.8 Å². The fourth-order valence-electron chi connectivity index (χ4n) is 2.88. The predicted octanol–water partition coefficient (Wildman–Crippen LogP) is 1.29. The molecular weight excluding hydrogens is 160 g/mol. The highest BCUT2D eigenvalue weighted by Gasteiger charge is 2.42. The van der Waals surface area contributed by atoms with Crippen molar-refractivity contribution in [1.29, 1.82) is 0 Å². The topological polar surface area (TPSA) is 24.1 Å². The van der Waals surface area contributed by atoms with Crippen molar-refractivity contribution in [3.05, 3.63) is 12.2 Å². The van der Waals surface area contributed by atoms with Gasteiger partial charge in [-0.15, -0.1) is 0 Å². The molecule has 2 nitrogen and oxygen atoms in total. The van der Waals surface area contributed by atoms with Crippen molar-refractivity contribution < 1.29 is 0 Å². The molecule has 3 rings (SSSR count). The van der Waals surface area contributed by atoms with Crippen molar-refractivity contribution in [3.8, 4) is 0 Å². The lowest BCUT2D eigenvalue weighted by Crippen LogP contribution is -2.64. The number of likely N-dealkylation sites (N-methyl/N-ethyl adjacent to an activating group) is 1. The molecule has 0 aromatic rings. The first-order valence-electron chi connectivity index (χ1n) is 5.41. The average molecular weight is 180 g/mol. The van der Waals surface area contributed by atoms with Gasteiger partial charge in [0.05, 0.1) is 0 Å². The minimum Gasteiger partial charge on any atom is -0.313 e. The van der Waals surface area contributed by atoms with Crippen LogP contribution in [0.3, 0.4) is 0 Å². The fourth-order valence-corrected chi connectivity index (χ4v) is 2.88.